The fraction of sp³-hybridized carbons (Fsp3) is 0.286. The summed E-state index contributed by atoms with van der Waals surface area (Å²) in [7, 11) is 0. The van der Waals surface area contributed by atoms with Gasteiger partial charge in [-0.3, -0.25) is 4.79 Å². The van der Waals surface area contributed by atoms with Crippen LogP contribution in [-0.4, -0.2) is 17.6 Å². The first kappa shape index (κ1) is 14.9. The molecular weight excluding hydrogens is 299 g/mol. The van der Waals surface area contributed by atoms with Crippen molar-refractivity contribution in [3.8, 4) is 0 Å². The molecule has 0 unspecified atom stereocenters. The van der Waals surface area contributed by atoms with Gasteiger partial charge in [-0.15, -0.1) is 0 Å². The third kappa shape index (κ3) is 3.14. The van der Waals surface area contributed by atoms with Crippen LogP contribution in [0.2, 0.25) is 10.0 Å². The Bertz CT molecular complexity index is 598. The van der Waals surface area contributed by atoms with E-state index < -0.39 is 0 Å². The Balaban J connectivity index is 2.00. The molecule has 106 valence electrons. The third-order valence-electron chi connectivity index (χ3n) is 3.03. The fourth-order valence-corrected chi connectivity index (χ4v) is 2.53. The standard InChI is InChI=1S/C14H14Cl2N2O2/c1-8-10(9(2)20-18-8)6-7-17-14(19)13-11(15)4-3-5-12(13)16/h3-5H,6-7H2,1-2H3,(H,17,19). The van der Waals surface area contributed by atoms with E-state index in [0.29, 0.717) is 28.6 Å². The van der Waals surface area contributed by atoms with Crippen LogP contribution in [0.3, 0.4) is 0 Å². The summed E-state index contributed by atoms with van der Waals surface area (Å²) >= 11 is 12.0. The number of carbonyl (C=O) groups is 1. The Morgan fingerprint density at radius 2 is 1.95 bits per heavy atom. The molecule has 6 heteroatoms. The van der Waals surface area contributed by atoms with E-state index in [0.717, 1.165) is 17.0 Å². The topological polar surface area (TPSA) is 55.1 Å². The Labute approximate surface area is 127 Å². The Kier molecular flexibility index (Phi) is 4.68. The number of aryl methyl sites for hydroxylation is 2. The number of amides is 1. The number of nitrogens with one attached hydrogen (secondary N) is 1. The van der Waals surface area contributed by atoms with Gasteiger partial charge in [0.25, 0.3) is 5.91 Å². The molecule has 1 aromatic heterocycles. The van der Waals surface area contributed by atoms with E-state index in [2.05, 4.69) is 10.5 Å². The van der Waals surface area contributed by atoms with Crippen molar-refractivity contribution >= 4 is 29.1 Å². The zero-order valence-corrected chi connectivity index (χ0v) is 12.7. The zero-order chi connectivity index (χ0) is 14.7. The molecule has 0 aliphatic rings. The van der Waals surface area contributed by atoms with Gasteiger partial charge in [0.15, 0.2) is 0 Å². The lowest BCUT2D eigenvalue weighted by molar-refractivity contribution is 0.0954. The normalized spacial score (nSPS) is 10.6. The van der Waals surface area contributed by atoms with Crippen molar-refractivity contribution in [3.63, 3.8) is 0 Å². The maximum atomic E-state index is 12.1. The second-order valence-electron chi connectivity index (χ2n) is 4.41. The van der Waals surface area contributed by atoms with E-state index in [1.807, 2.05) is 13.8 Å². The molecule has 0 spiro atoms. The Morgan fingerprint density at radius 1 is 1.30 bits per heavy atom. The van der Waals surface area contributed by atoms with Crippen LogP contribution in [-0.2, 0) is 6.42 Å². The molecule has 1 N–H and O–H groups in total. The van der Waals surface area contributed by atoms with Crippen LogP contribution >= 0.6 is 23.2 Å². The van der Waals surface area contributed by atoms with Crippen LogP contribution in [0, 0.1) is 13.8 Å². The average molecular weight is 313 g/mol. The van der Waals surface area contributed by atoms with Crippen LogP contribution in [0.25, 0.3) is 0 Å². The molecular formula is C14H14Cl2N2O2. The second kappa shape index (κ2) is 6.29. The first-order valence-electron chi connectivity index (χ1n) is 6.14. The number of aromatic nitrogens is 1. The van der Waals surface area contributed by atoms with Crippen molar-refractivity contribution in [1.82, 2.24) is 10.5 Å². The maximum absolute atomic E-state index is 12.1. The van der Waals surface area contributed by atoms with Gasteiger partial charge in [-0.2, -0.15) is 0 Å². The summed E-state index contributed by atoms with van der Waals surface area (Å²) in [6.07, 6.45) is 0.648. The van der Waals surface area contributed by atoms with Crippen molar-refractivity contribution in [3.05, 3.63) is 50.8 Å². The number of hydrogen-bond donors (Lipinski definition) is 1. The minimum Gasteiger partial charge on any atom is -0.361 e. The monoisotopic (exact) mass is 312 g/mol. The summed E-state index contributed by atoms with van der Waals surface area (Å²) in [5.74, 6) is 0.486. The Morgan fingerprint density at radius 3 is 2.50 bits per heavy atom. The molecule has 20 heavy (non-hydrogen) atoms. The number of nitrogens with zero attached hydrogens (tertiary/aromatic N) is 1. The van der Waals surface area contributed by atoms with Crippen molar-refractivity contribution in [2.45, 2.75) is 20.3 Å². The Hall–Kier alpha value is -1.52. The lowest BCUT2D eigenvalue weighted by Gasteiger charge is -2.08. The molecule has 4 nitrogen and oxygen atoms in total. The van der Waals surface area contributed by atoms with Crippen molar-refractivity contribution in [2.75, 3.05) is 6.54 Å². The molecule has 1 amide bonds. The minimum atomic E-state index is -0.285. The second-order valence-corrected chi connectivity index (χ2v) is 5.22. The van der Waals surface area contributed by atoms with Gasteiger partial charge in [0.2, 0.25) is 0 Å². The highest BCUT2D eigenvalue weighted by atomic mass is 35.5. The first-order valence-corrected chi connectivity index (χ1v) is 6.90. The summed E-state index contributed by atoms with van der Waals surface area (Å²) in [4.78, 5) is 12.1. The van der Waals surface area contributed by atoms with E-state index >= 15 is 0 Å². The number of halogens is 2. The molecule has 2 aromatic rings. The van der Waals surface area contributed by atoms with E-state index in [1.165, 1.54) is 0 Å². The van der Waals surface area contributed by atoms with Gasteiger partial charge >= 0.3 is 0 Å². The maximum Gasteiger partial charge on any atom is 0.254 e. The first-order chi connectivity index (χ1) is 9.50. The predicted octanol–water partition coefficient (Wildman–Crippen LogP) is 3.57. The van der Waals surface area contributed by atoms with E-state index in [1.54, 1.807) is 18.2 Å². The number of hydrogen-bond acceptors (Lipinski definition) is 3. The molecule has 0 aliphatic carbocycles. The van der Waals surface area contributed by atoms with Crippen LogP contribution < -0.4 is 5.32 Å². The lowest BCUT2D eigenvalue weighted by Crippen LogP contribution is -2.26. The minimum absolute atomic E-state index is 0.285. The van der Waals surface area contributed by atoms with Crippen LogP contribution in [0.4, 0.5) is 0 Å². The summed E-state index contributed by atoms with van der Waals surface area (Å²) < 4.78 is 5.07. The van der Waals surface area contributed by atoms with Crippen molar-refractivity contribution in [2.24, 2.45) is 0 Å². The van der Waals surface area contributed by atoms with Gasteiger partial charge in [-0.05, 0) is 32.4 Å². The number of rotatable bonds is 4. The summed E-state index contributed by atoms with van der Waals surface area (Å²) in [5, 5.41) is 7.35. The number of carbonyl (C=O) groups excluding carboxylic acids is 1. The van der Waals surface area contributed by atoms with Crippen molar-refractivity contribution in [1.29, 1.82) is 0 Å². The molecule has 0 fully saturated rings. The van der Waals surface area contributed by atoms with Gasteiger partial charge in [0.05, 0.1) is 21.3 Å². The van der Waals surface area contributed by atoms with Gasteiger partial charge in [0.1, 0.15) is 5.76 Å². The van der Waals surface area contributed by atoms with Crippen molar-refractivity contribution < 1.29 is 9.32 Å². The van der Waals surface area contributed by atoms with Gasteiger partial charge < -0.3 is 9.84 Å². The summed E-state index contributed by atoms with van der Waals surface area (Å²) in [5.41, 5.74) is 2.15. The highest BCUT2D eigenvalue weighted by Crippen LogP contribution is 2.23. The van der Waals surface area contributed by atoms with Gasteiger partial charge in [0, 0.05) is 12.1 Å². The van der Waals surface area contributed by atoms with E-state index in [4.69, 9.17) is 27.7 Å². The molecule has 0 saturated heterocycles. The summed E-state index contributed by atoms with van der Waals surface area (Å²) in [6.45, 7) is 4.18. The molecule has 1 aromatic carbocycles. The molecule has 2 rings (SSSR count). The predicted molar refractivity (Wildman–Crippen MR) is 78.5 cm³/mol. The fourth-order valence-electron chi connectivity index (χ4n) is 1.96. The third-order valence-corrected chi connectivity index (χ3v) is 3.66. The zero-order valence-electron chi connectivity index (χ0n) is 11.2. The largest absolute Gasteiger partial charge is 0.361 e. The van der Waals surface area contributed by atoms with Gasteiger partial charge in [-0.25, -0.2) is 0 Å². The van der Waals surface area contributed by atoms with Gasteiger partial charge in [-0.1, -0.05) is 34.4 Å². The number of benzene rings is 1. The smallest absolute Gasteiger partial charge is 0.254 e. The van der Waals surface area contributed by atoms with Crippen LogP contribution in [0.15, 0.2) is 22.7 Å². The molecule has 1 heterocycles. The van der Waals surface area contributed by atoms with Crippen LogP contribution in [0.5, 0.6) is 0 Å². The highest BCUT2D eigenvalue weighted by molar-refractivity contribution is 6.39. The molecule has 0 atom stereocenters. The lowest BCUT2D eigenvalue weighted by atomic mass is 10.1. The summed E-state index contributed by atoms with van der Waals surface area (Å²) in [6, 6.07) is 4.97. The molecule has 0 bridgehead atoms. The average Bonchev–Trinajstić information content (AvgIpc) is 2.70. The van der Waals surface area contributed by atoms with E-state index in [-0.39, 0.29) is 5.91 Å². The SMILES string of the molecule is Cc1noc(C)c1CCNC(=O)c1c(Cl)cccc1Cl. The highest BCUT2D eigenvalue weighted by Gasteiger charge is 2.15. The molecule has 0 saturated carbocycles. The molecule has 0 aliphatic heterocycles. The van der Waals surface area contributed by atoms with Crippen LogP contribution in [0.1, 0.15) is 27.4 Å². The molecule has 0 radical (unpaired) electrons. The quantitative estimate of drug-likeness (QED) is 0.939. The van der Waals surface area contributed by atoms with E-state index in [9.17, 15) is 4.79 Å².